The van der Waals surface area contributed by atoms with Crippen LogP contribution in [-0.4, -0.2) is 39.1 Å². The second-order valence-electron chi connectivity index (χ2n) is 7.64. The summed E-state index contributed by atoms with van der Waals surface area (Å²) in [5.41, 5.74) is 4.20. The quantitative estimate of drug-likeness (QED) is 0.453. The number of aromatic nitrogens is 2. The van der Waals surface area contributed by atoms with Gasteiger partial charge >= 0.3 is 0 Å². The van der Waals surface area contributed by atoms with Crippen molar-refractivity contribution in [1.29, 1.82) is 0 Å². The van der Waals surface area contributed by atoms with Crippen LogP contribution in [-0.2, 0) is 4.79 Å². The molecule has 0 fully saturated rings. The van der Waals surface area contributed by atoms with Gasteiger partial charge in [0.2, 0.25) is 5.91 Å². The number of fused-ring (bicyclic) bond motifs is 2. The molecule has 3 amide bonds. The summed E-state index contributed by atoms with van der Waals surface area (Å²) in [5.74, 6) is -0.0506. The maximum absolute atomic E-state index is 12.4. The lowest BCUT2D eigenvalue weighted by atomic mass is 10.1. The van der Waals surface area contributed by atoms with Gasteiger partial charge in [-0.3, -0.25) is 19.3 Å². The first-order valence-corrected chi connectivity index (χ1v) is 10.4. The molecule has 2 N–H and O–H groups in total. The van der Waals surface area contributed by atoms with Crippen LogP contribution in [0.3, 0.4) is 0 Å². The lowest BCUT2D eigenvalue weighted by molar-refractivity contribution is -0.116. The number of H-pyrrole nitrogens is 1. The Morgan fingerprint density at radius 1 is 0.906 bits per heavy atom. The molecule has 1 aliphatic rings. The number of benzene rings is 3. The summed E-state index contributed by atoms with van der Waals surface area (Å²) in [6.45, 7) is 0.207. The normalized spacial score (nSPS) is 12.9. The molecule has 0 atom stereocenters. The first kappa shape index (κ1) is 19.7. The predicted molar refractivity (Wildman–Crippen MR) is 121 cm³/mol. The molecule has 0 radical (unpaired) electrons. The number of imide groups is 1. The minimum absolute atomic E-state index is 0.177. The zero-order valence-electron chi connectivity index (χ0n) is 17.2. The molecule has 2 heterocycles. The number of carbonyl (C=O) groups excluding carboxylic acids is 3. The molecule has 0 bridgehead atoms. The maximum Gasteiger partial charge on any atom is 0.261 e. The van der Waals surface area contributed by atoms with Crippen molar-refractivity contribution in [2.75, 3.05) is 11.9 Å². The van der Waals surface area contributed by atoms with E-state index in [0.717, 1.165) is 22.4 Å². The van der Waals surface area contributed by atoms with Gasteiger partial charge < -0.3 is 10.3 Å². The molecule has 32 heavy (non-hydrogen) atoms. The standard InChI is InChI=1S/C25H20N4O3/c30-22(13-6-14-29-24(31)18-9-1-2-10-19(18)25(29)32)26-17-8-5-7-16(15-17)23-27-20-11-3-4-12-21(20)28-23/h1-5,7-12,15H,6,13-14H2,(H,26,30)(H,27,28). The highest BCUT2D eigenvalue weighted by atomic mass is 16.2. The van der Waals surface area contributed by atoms with Crippen LogP contribution in [0.4, 0.5) is 5.69 Å². The van der Waals surface area contributed by atoms with E-state index in [1.54, 1.807) is 24.3 Å². The topological polar surface area (TPSA) is 95.2 Å². The summed E-state index contributed by atoms with van der Waals surface area (Å²) < 4.78 is 0. The molecule has 158 valence electrons. The number of hydrogen-bond donors (Lipinski definition) is 2. The van der Waals surface area contributed by atoms with E-state index in [2.05, 4.69) is 15.3 Å². The van der Waals surface area contributed by atoms with E-state index in [1.807, 2.05) is 48.5 Å². The summed E-state index contributed by atoms with van der Waals surface area (Å²) in [5, 5.41) is 2.88. The summed E-state index contributed by atoms with van der Waals surface area (Å²) in [4.78, 5) is 46.3. The SMILES string of the molecule is O=C(CCCN1C(=O)c2ccccc2C1=O)Nc1cccc(-c2nc3ccccc3[nH]2)c1. The Morgan fingerprint density at radius 3 is 2.38 bits per heavy atom. The second kappa shape index (κ2) is 8.11. The molecule has 0 saturated heterocycles. The largest absolute Gasteiger partial charge is 0.338 e. The lowest BCUT2D eigenvalue weighted by Gasteiger charge is -2.13. The number of rotatable bonds is 6. The van der Waals surface area contributed by atoms with Gasteiger partial charge in [-0.05, 0) is 42.8 Å². The van der Waals surface area contributed by atoms with Gasteiger partial charge in [-0.15, -0.1) is 0 Å². The van der Waals surface area contributed by atoms with Gasteiger partial charge in [-0.1, -0.05) is 36.4 Å². The highest BCUT2D eigenvalue weighted by molar-refractivity contribution is 6.21. The van der Waals surface area contributed by atoms with Crippen molar-refractivity contribution in [1.82, 2.24) is 14.9 Å². The molecule has 1 aromatic heterocycles. The number of nitrogens with zero attached hydrogens (tertiary/aromatic N) is 2. The Balaban J connectivity index is 1.19. The number of para-hydroxylation sites is 2. The number of nitrogens with one attached hydrogen (secondary N) is 2. The highest BCUT2D eigenvalue weighted by Crippen LogP contribution is 2.24. The van der Waals surface area contributed by atoms with Crippen molar-refractivity contribution in [3.05, 3.63) is 83.9 Å². The Kier molecular flexibility index (Phi) is 4.99. The number of imidazole rings is 1. The molecule has 4 aromatic rings. The number of amides is 3. The van der Waals surface area contributed by atoms with Crippen LogP contribution in [0.25, 0.3) is 22.4 Å². The third-order valence-electron chi connectivity index (χ3n) is 5.47. The van der Waals surface area contributed by atoms with E-state index in [4.69, 9.17) is 0 Å². The number of hydrogen-bond acceptors (Lipinski definition) is 4. The summed E-state index contributed by atoms with van der Waals surface area (Å²) >= 11 is 0. The zero-order chi connectivity index (χ0) is 22.1. The van der Waals surface area contributed by atoms with Crippen LogP contribution in [0.2, 0.25) is 0 Å². The van der Waals surface area contributed by atoms with Crippen molar-refractivity contribution in [3.63, 3.8) is 0 Å². The van der Waals surface area contributed by atoms with Crippen molar-refractivity contribution in [2.24, 2.45) is 0 Å². The molecule has 3 aromatic carbocycles. The summed E-state index contributed by atoms with van der Waals surface area (Å²) in [6, 6.07) is 22.0. The molecule has 0 spiro atoms. The van der Waals surface area contributed by atoms with E-state index >= 15 is 0 Å². The molecule has 5 rings (SSSR count). The molecule has 1 aliphatic heterocycles. The van der Waals surface area contributed by atoms with Crippen LogP contribution in [0.5, 0.6) is 0 Å². The average molecular weight is 424 g/mol. The number of aromatic amines is 1. The van der Waals surface area contributed by atoms with Gasteiger partial charge in [0.25, 0.3) is 11.8 Å². The summed E-state index contributed by atoms with van der Waals surface area (Å²) in [6.07, 6.45) is 0.586. The van der Waals surface area contributed by atoms with E-state index < -0.39 is 0 Å². The molecule has 0 saturated carbocycles. The van der Waals surface area contributed by atoms with E-state index in [0.29, 0.717) is 23.2 Å². The van der Waals surface area contributed by atoms with Crippen molar-refractivity contribution < 1.29 is 14.4 Å². The van der Waals surface area contributed by atoms with Crippen molar-refractivity contribution in [2.45, 2.75) is 12.8 Å². The molecule has 7 heteroatoms. The lowest BCUT2D eigenvalue weighted by Crippen LogP contribution is -2.31. The first-order chi connectivity index (χ1) is 15.6. The Bertz CT molecular complexity index is 1290. The van der Waals surface area contributed by atoms with Crippen LogP contribution < -0.4 is 5.32 Å². The Morgan fingerprint density at radius 2 is 1.62 bits per heavy atom. The van der Waals surface area contributed by atoms with Gasteiger partial charge in [-0.25, -0.2) is 4.98 Å². The Hall–Kier alpha value is -4.26. The molecular weight excluding hydrogens is 404 g/mol. The van der Waals surface area contributed by atoms with Crippen molar-refractivity contribution in [3.8, 4) is 11.4 Å². The van der Waals surface area contributed by atoms with Crippen LogP contribution in [0.1, 0.15) is 33.6 Å². The fourth-order valence-corrected chi connectivity index (χ4v) is 3.90. The zero-order valence-corrected chi connectivity index (χ0v) is 17.2. The molecular formula is C25H20N4O3. The second-order valence-corrected chi connectivity index (χ2v) is 7.64. The van der Waals surface area contributed by atoms with E-state index in [9.17, 15) is 14.4 Å². The van der Waals surface area contributed by atoms with Gasteiger partial charge in [-0.2, -0.15) is 0 Å². The van der Waals surface area contributed by atoms with Crippen LogP contribution in [0.15, 0.2) is 72.8 Å². The monoisotopic (exact) mass is 424 g/mol. The maximum atomic E-state index is 12.4. The van der Waals surface area contributed by atoms with Crippen molar-refractivity contribution >= 4 is 34.4 Å². The van der Waals surface area contributed by atoms with Gasteiger partial charge in [0.05, 0.1) is 22.2 Å². The van der Waals surface area contributed by atoms with Crippen LogP contribution in [0, 0.1) is 0 Å². The fraction of sp³-hybridized carbons (Fsp3) is 0.120. The summed E-state index contributed by atoms with van der Waals surface area (Å²) in [7, 11) is 0. The van der Waals surface area contributed by atoms with Gasteiger partial charge in [0.15, 0.2) is 0 Å². The minimum atomic E-state index is -0.301. The highest BCUT2D eigenvalue weighted by Gasteiger charge is 2.34. The van der Waals surface area contributed by atoms with Crippen LogP contribution >= 0.6 is 0 Å². The first-order valence-electron chi connectivity index (χ1n) is 10.4. The number of anilines is 1. The molecule has 0 aliphatic carbocycles. The van der Waals surface area contributed by atoms with Gasteiger partial charge in [0.1, 0.15) is 5.82 Å². The third-order valence-corrected chi connectivity index (χ3v) is 5.47. The van der Waals surface area contributed by atoms with E-state index in [1.165, 1.54) is 4.90 Å². The molecule has 0 unspecified atom stereocenters. The van der Waals surface area contributed by atoms with Gasteiger partial charge in [0, 0.05) is 24.2 Å². The average Bonchev–Trinajstić information content (AvgIpc) is 3.35. The van der Waals surface area contributed by atoms with E-state index in [-0.39, 0.29) is 30.7 Å². The minimum Gasteiger partial charge on any atom is -0.338 e. The number of carbonyl (C=O) groups is 3. The third kappa shape index (κ3) is 3.65. The fourth-order valence-electron chi connectivity index (χ4n) is 3.90. The smallest absolute Gasteiger partial charge is 0.261 e. The molecule has 7 nitrogen and oxygen atoms in total. The Labute approximate surface area is 184 Å². The predicted octanol–water partition coefficient (Wildman–Crippen LogP) is 4.24.